The number of ether oxygens (including phenoxy) is 1. The number of fused-ring (bicyclic) bond motifs is 1. The van der Waals surface area contributed by atoms with Crippen LogP contribution in [0.15, 0.2) is 18.2 Å². The highest BCUT2D eigenvalue weighted by Gasteiger charge is 2.12. The van der Waals surface area contributed by atoms with Crippen LogP contribution >= 0.6 is 11.6 Å². The average Bonchev–Trinajstić information content (AvgIpc) is 2.27. The first-order valence-corrected chi connectivity index (χ1v) is 5.28. The van der Waals surface area contributed by atoms with E-state index < -0.39 is 6.10 Å². The van der Waals surface area contributed by atoms with Gasteiger partial charge in [0, 0.05) is 0 Å². The van der Waals surface area contributed by atoms with Crippen molar-refractivity contribution in [3.8, 4) is 0 Å². The molecule has 2 nitrogen and oxygen atoms in total. The summed E-state index contributed by atoms with van der Waals surface area (Å²) in [5, 5.41) is 9.57. The molecule has 0 aliphatic carbocycles. The highest BCUT2D eigenvalue weighted by atomic mass is 35.5. The van der Waals surface area contributed by atoms with Crippen LogP contribution in [-0.2, 0) is 17.8 Å². The summed E-state index contributed by atoms with van der Waals surface area (Å²) in [6.45, 7) is 1.46. The molecule has 0 amide bonds. The van der Waals surface area contributed by atoms with Crippen molar-refractivity contribution in [1.29, 1.82) is 0 Å². The Morgan fingerprint density at radius 1 is 1.43 bits per heavy atom. The van der Waals surface area contributed by atoms with Crippen LogP contribution in [0.1, 0.15) is 22.8 Å². The third-order valence-electron chi connectivity index (χ3n) is 2.53. The molecule has 0 aromatic heterocycles. The van der Waals surface area contributed by atoms with E-state index in [2.05, 4.69) is 0 Å². The van der Waals surface area contributed by atoms with Crippen molar-refractivity contribution in [3.05, 3.63) is 34.9 Å². The highest BCUT2D eigenvalue weighted by Crippen LogP contribution is 2.22. The Labute approximate surface area is 88.5 Å². The summed E-state index contributed by atoms with van der Waals surface area (Å²) in [6.07, 6.45) is 0.378. The Morgan fingerprint density at radius 2 is 2.29 bits per heavy atom. The van der Waals surface area contributed by atoms with Crippen LogP contribution in [0.2, 0.25) is 0 Å². The van der Waals surface area contributed by atoms with E-state index >= 15 is 0 Å². The summed E-state index contributed by atoms with van der Waals surface area (Å²) < 4.78 is 5.33. The molecule has 0 spiro atoms. The van der Waals surface area contributed by atoms with Crippen molar-refractivity contribution in [2.45, 2.75) is 19.1 Å². The predicted molar refractivity (Wildman–Crippen MR) is 55.5 cm³/mol. The quantitative estimate of drug-likeness (QED) is 0.761. The van der Waals surface area contributed by atoms with Gasteiger partial charge in [-0.2, -0.15) is 0 Å². The van der Waals surface area contributed by atoms with Crippen LogP contribution in [0.25, 0.3) is 0 Å². The summed E-state index contributed by atoms with van der Waals surface area (Å²) in [7, 11) is 0. The van der Waals surface area contributed by atoms with Gasteiger partial charge in [0.1, 0.15) is 0 Å². The molecule has 0 saturated carbocycles. The molecule has 1 unspecified atom stereocenters. The zero-order valence-electron chi connectivity index (χ0n) is 7.87. The summed E-state index contributed by atoms with van der Waals surface area (Å²) >= 11 is 5.60. The van der Waals surface area contributed by atoms with Crippen molar-refractivity contribution in [3.63, 3.8) is 0 Å². The predicted octanol–water partition coefficient (Wildman–Crippen LogP) is 2.03. The van der Waals surface area contributed by atoms with E-state index in [1.54, 1.807) is 0 Å². The van der Waals surface area contributed by atoms with Gasteiger partial charge in [-0.1, -0.05) is 18.2 Å². The van der Waals surface area contributed by atoms with Gasteiger partial charge in [-0.15, -0.1) is 11.6 Å². The van der Waals surface area contributed by atoms with Gasteiger partial charge in [-0.05, 0) is 23.1 Å². The average molecular weight is 213 g/mol. The van der Waals surface area contributed by atoms with Crippen molar-refractivity contribution in [1.82, 2.24) is 0 Å². The number of hydrogen-bond acceptors (Lipinski definition) is 2. The molecule has 1 N–H and O–H groups in total. The molecule has 1 aromatic rings. The van der Waals surface area contributed by atoms with Gasteiger partial charge in [0.05, 0.1) is 25.2 Å². The van der Waals surface area contributed by atoms with Crippen LogP contribution in [-0.4, -0.2) is 17.6 Å². The number of aliphatic hydroxyl groups excluding tert-OH is 1. The van der Waals surface area contributed by atoms with Crippen molar-refractivity contribution >= 4 is 11.6 Å². The molecule has 1 atom stereocenters. The lowest BCUT2D eigenvalue weighted by Gasteiger charge is -2.18. The molecule has 1 aromatic carbocycles. The zero-order chi connectivity index (χ0) is 9.97. The topological polar surface area (TPSA) is 29.5 Å². The minimum Gasteiger partial charge on any atom is -0.387 e. The lowest BCUT2D eigenvalue weighted by molar-refractivity contribution is 0.110. The van der Waals surface area contributed by atoms with E-state index in [4.69, 9.17) is 16.3 Å². The number of alkyl halides is 1. The van der Waals surface area contributed by atoms with E-state index in [1.807, 2.05) is 18.2 Å². The lowest BCUT2D eigenvalue weighted by Crippen LogP contribution is -2.11. The maximum atomic E-state index is 9.57. The second kappa shape index (κ2) is 4.30. The third kappa shape index (κ3) is 1.92. The number of rotatable bonds is 2. The summed E-state index contributed by atoms with van der Waals surface area (Å²) in [5.74, 6) is 0.245. The van der Waals surface area contributed by atoms with Gasteiger partial charge >= 0.3 is 0 Å². The van der Waals surface area contributed by atoms with Gasteiger partial charge in [0.15, 0.2) is 0 Å². The lowest BCUT2D eigenvalue weighted by atomic mass is 9.98. The second-order valence-corrected chi connectivity index (χ2v) is 3.81. The first-order valence-electron chi connectivity index (χ1n) is 4.74. The van der Waals surface area contributed by atoms with Crippen LogP contribution in [0.4, 0.5) is 0 Å². The second-order valence-electron chi connectivity index (χ2n) is 3.50. The largest absolute Gasteiger partial charge is 0.387 e. The van der Waals surface area contributed by atoms with Crippen molar-refractivity contribution in [2.24, 2.45) is 0 Å². The van der Waals surface area contributed by atoms with Gasteiger partial charge in [0.25, 0.3) is 0 Å². The molecule has 3 heteroatoms. The molecule has 0 bridgehead atoms. The van der Waals surface area contributed by atoms with Crippen LogP contribution in [0, 0.1) is 0 Å². The minimum absolute atomic E-state index is 0.245. The third-order valence-corrected chi connectivity index (χ3v) is 2.83. The molecule has 2 rings (SSSR count). The Balaban J connectivity index is 2.29. The van der Waals surface area contributed by atoms with Crippen molar-refractivity contribution in [2.75, 3.05) is 12.5 Å². The Hall–Kier alpha value is -0.570. The Bertz CT molecular complexity index is 325. The molecule has 1 aliphatic rings. The highest BCUT2D eigenvalue weighted by molar-refractivity contribution is 6.18. The molecule has 1 aliphatic heterocycles. The van der Waals surface area contributed by atoms with E-state index in [-0.39, 0.29) is 5.88 Å². The van der Waals surface area contributed by atoms with Crippen LogP contribution in [0.3, 0.4) is 0 Å². The maximum Gasteiger partial charge on any atom is 0.0925 e. The van der Waals surface area contributed by atoms with Gasteiger partial charge in [-0.3, -0.25) is 0 Å². The summed E-state index contributed by atoms with van der Waals surface area (Å²) in [4.78, 5) is 0. The molecule has 14 heavy (non-hydrogen) atoms. The Kier molecular flexibility index (Phi) is 3.06. The number of benzene rings is 1. The molecule has 1 heterocycles. The monoisotopic (exact) mass is 212 g/mol. The van der Waals surface area contributed by atoms with E-state index in [0.717, 1.165) is 18.6 Å². The SMILES string of the molecule is OC(CCl)c1ccc2c(c1)CCOC2. The van der Waals surface area contributed by atoms with E-state index in [1.165, 1.54) is 11.1 Å². The van der Waals surface area contributed by atoms with E-state index in [9.17, 15) is 5.11 Å². The standard InChI is InChI=1S/C11H13ClO2/c12-6-11(13)9-1-2-10-7-14-4-3-8(10)5-9/h1-2,5,11,13H,3-4,6-7H2. The maximum absolute atomic E-state index is 9.57. The van der Waals surface area contributed by atoms with Crippen molar-refractivity contribution < 1.29 is 9.84 Å². The van der Waals surface area contributed by atoms with Gasteiger partial charge < -0.3 is 9.84 Å². The molecule has 76 valence electrons. The minimum atomic E-state index is -0.551. The fourth-order valence-electron chi connectivity index (χ4n) is 1.68. The number of hydrogen-bond donors (Lipinski definition) is 1. The van der Waals surface area contributed by atoms with Gasteiger partial charge in [0.2, 0.25) is 0 Å². The molecular weight excluding hydrogens is 200 g/mol. The normalized spacial score (nSPS) is 17.6. The van der Waals surface area contributed by atoms with Gasteiger partial charge in [-0.25, -0.2) is 0 Å². The zero-order valence-corrected chi connectivity index (χ0v) is 8.63. The Morgan fingerprint density at radius 3 is 3.07 bits per heavy atom. The fraction of sp³-hybridized carbons (Fsp3) is 0.455. The molecule has 0 fully saturated rings. The molecular formula is C11H13ClO2. The van der Waals surface area contributed by atoms with Crippen LogP contribution in [0.5, 0.6) is 0 Å². The van der Waals surface area contributed by atoms with Crippen LogP contribution < -0.4 is 0 Å². The number of halogens is 1. The molecule has 0 radical (unpaired) electrons. The number of aliphatic hydroxyl groups is 1. The fourth-order valence-corrected chi connectivity index (χ4v) is 1.86. The van der Waals surface area contributed by atoms with E-state index in [0.29, 0.717) is 6.61 Å². The summed E-state index contributed by atoms with van der Waals surface area (Å²) in [6, 6.07) is 5.96. The smallest absolute Gasteiger partial charge is 0.0925 e. The molecule has 0 saturated heterocycles. The summed E-state index contributed by atoms with van der Waals surface area (Å²) in [5.41, 5.74) is 3.40. The first kappa shape index (κ1) is 9.97. The first-order chi connectivity index (χ1) is 6.81.